The summed E-state index contributed by atoms with van der Waals surface area (Å²) in [5.41, 5.74) is 0.756. The molecule has 0 aliphatic rings. The van der Waals surface area contributed by atoms with Crippen molar-refractivity contribution < 1.29 is 4.79 Å². The minimum absolute atomic E-state index is 0.0174. The van der Waals surface area contributed by atoms with Gasteiger partial charge < -0.3 is 5.32 Å². The highest BCUT2D eigenvalue weighted by atomic mass is 32.1. The zero-order valence-electron chi connectivity index (χ0n) is 5.76. The number of hydrogen-bond donors (Lipinski definition) is 1. The summed E-state index contributed by atoms with van der Waals surface area (Å²) in [5.74, 6) is 0.0174. The molecular weight excluding hydrogens is 146 g/mol. The molecule has 0 atom stereocenters. The maximum Gasteiger partial charge on any atom is 0.252 e. The summed E-state index contributed by atoms with van der Waals surface area (Å²) in [5, 5.41) is 6.45. The van der Waals surface area contributed by atoms with Gasteiger partial charge in [0, 0.05) is 17.5 Å². The van der Waals surface area contributed by atoms with Crippen LogP contribution in [0.1, 0.15) is 17.3 Å². The normalized spacial score (nSPS) is 9.30. The van der Waals surface area contributed by atoms with E-state index in [9.17, 15) is 4.79 Å². The van der Waals surface area contributed by atoms with Gasteiger partial charge in [0.25, 0.3) is 5.91 Å². The number of hydrogen-bond acceptors (Lipinski definition) is 2. The van der Waals surface area contributed by atoms with Crippen LogP contribution in [0.5, 0.6) is 0 Å². The molecule has 0 saturated heterocycles. The van der Waals surface area contributed by atoms with E-state index >= 15 is 0 Å². The average Bonchev–Trinajstić information content (AvgIpc) is 2.38. The standard InChI is InChI=1S/C7H9NOS/c1-2-8-7(9)6-3-4-10-5-6/h3-5H,2H2,1H3,(H,8,9). The SMILES string of the molecule is CCNC(=O)c1ccsc1. The van der Waals surface area contributed by atoms with Gasteiger partial charge in [-0.25, -0.2) is 0 Å². The molecule has 1 aromatic heterocycles. The van der Waals surface area contributed by atoms with Gasteiger partial charge in [0.2, 0.25) is 0 Å². The van der Waals surface area contributed by atoms with Gasteiger partial charge in [-0.15, -0.1) is 0 Å². The molecule has 0 unspecified atom stereocenters. The minimum Gasteiger partial charge on any atom is -0.352 e. The molecule has 0 fully saturated rings. The molecular formula is C7H9NOS. The largest absolute Gasteiger partial charge is 0.352 e. The van der Waals surface area contributed by atoms with E-state index in [4.69, 9.17) is 0 Å². The highest BCUT2D eigenvalue weighted by Gasteiger charge is 2.01. The molecule has 0 bridgehead atoms. The second-order valence-corrected chi connectivity index (χ2v) is 2.65. The van der Waals surface area contributed by atoms with Crippen molar-refractivity contribution in [1.29, 1.82) is 0 Å². The second kappa shape index (κ2) is 3.37. The van der Waals surface area contributed by atoms with Crippen LogP contribution >= 0.6 is 11.3 Å². The predicted molar refractivity (Wildman–Crippen MR) is 42.3 cm³/mol. The number of amides is 1. The quantitative estimate of drug-likeness (QED) is 0.689. The van der Waals surface area contributed by atoms with Crippen LogP contribution in [0.15, 0.2) is 16.8 Å². The number of rotatable bonds is 2. The summed E-state index contributed by atoms with van der Waals surface area (Å²) >= 11 is 1.53. The van der Waals surface area contributed by atoms with Crippen molar-refractivity contribution in [2.24, 2.45) is 0 Å². The van der Waals surface area contributed by atoms with Crippen LogP contribution in [0.25, 0.3) is 0 Å². The van der Waals surface area contributed by atoms with Crippen molar-refractivity contribution in [3.63, 3.8) is 0 Å². The third-order valence-corrected chi connectivity index (χ3v) is 1.80. The molecule has 1 amide bonds. The summed E-state index contributed by atoms with van der Waals surface area (Å²) in [6.07, 6.45) is 0. The monoisotopic (exact) mass is 155 g/mol. The third kappa shape index (κ3) is 1.57. The van der Waals surface area contributed by atoms with Gasteiger partial charge in [0.1, 0.15) is 0 Å². The maximum absolute atomic E-state index is 11.0. The summed E-state index contributed by atoms with van der Waals surface area (Å²) in [4.78, 5) is 11.0. The number of carbonyl (C=O) groups is 1. The Labute approximate surface area is 63.9 Å². The molecule has 10 heavy (non-hydrogen) atoms. The molecule has 0 aromatic carbocycles. The first-order chi connectivity index (χ1) is 4.84. The van der Waals surface area contributed by atoms with Crippen molar-refractivity contribution in [3.05, 3.63) is 22.4 Å². The molecule has 0 radical (unpaired) electrons. The number of thiophene rings is 1. The van der Waals surface area contributed by atoms with Gasteiger partial charge in [-0.1, -0.05) is 0 Å². The Bertz CT molecular complexity index is 205. The molecule has 54 valence electrons. The van der Waals surface area contributed by atoms with Gasteiger partial charge in [-0.05, 0) is 18.4 Å². The lowest BCUT2D eigenvalue weighted by molar-refractivity contribution is 0.0956. The van der Waals surface area contributed by atoms with Crippen LogP contribution in [0.4, 0.5) is 0 Å². The van der Waals surface area contributed by atoms with Crippen LogP contribution < -0.4 is 5.32 Å². The molecule has 1 aromatic rings. The number of carbonyl (C=O) groups excluding carboxylic acids is 1. The Kier molecular flexibility index (Phi) is 2.45. The second-order valence-electron chi connectivity index (χ2n) is 1.87. The fourth-order valence-corrected chi connectivity index (χ4v) is 1.29. The van der Waals surface area contributed by atoms with Gasteiger partial charge in [-0.3, -0.25) is 4.79 Å². The highest BCUT2D eigenvalue weighted by Crippen LogP contribution is 2.04. The van der Waals surface area contributed by atoms with Crippen molar-refractivity contribution >= 4 is 17.2 Å². The van der Waals surface area contributed by atoms with Crippen molar-refractivity contribution in [2.45, 2.75) is 6.92 Å². The summed E-state index contributed by atoms with van der Waals surface area (Å²) < 4.78 is 0. The van der Waals surface area contributed by atoms with E-state index in [1.807, 2.05) is 23.8 Å². The molecule has 0 saturated carbocycles. The average molecular weight is 155 g/mol. The van der Waals surface area contributed by atoms with E-state index in [1.54, 1.807) is 0 Å². The van der Waals surface area contributed by atoms with Crippen LogP contribution in [0.3, 0.4) is 0 Å². The van der Waals surface area contributed by atoms with E-state index in [1.165, 1.54) is 11.3 Å². The van der Waals surface area contributed by atoms with E-state index in [2.05, 4.69) is 5.32 Å². The third-order valence-electron chi connectivity index (χ3n) is 1.12. The van der Waals surface area contributed by atoms with Crippen LogP contribution in [0.2, 0.25) is 0 Å². The van der Waals surface area contributed by atoms with E-state index in [-0.39, 0.29) is 5.91 Å². The molecule has 3 heteroatoms. The van der Waals surface area contributed by atoms with E-state index in [0.717, 1.165) is 5.56 Å². The fraction of sp³-hybridized carbons (Fsp3) is 0.286. The first-order valence-corrected chi connectivity index (χ1v) is 4.09. The molecule has 2 nitrogen and oxygen atoms in total. The van der Waals surface area contributed by atoms with Gasteiger partial charge >= 0.3 is 0 Å². The lowest BCUT2D eigenvalue weighted by Gasteiger charge is -1.96. The Morgan fingerprint density at radius 3 is 3.10 bits per heavy atom. The van der Waals surface area contributed by atoms with Crippen molar-refractivity contribution in [3.8, 4) is 0 Å². The summed E-state index contributed by atoms with van der Waals surface area (Å²) in [7, 11) is 0. The Hall–Kier alpha value is -0.830. The highest BCUT2D eigenvalue weighted by molar-refractivity contribution is 7.08. The predicted octanol–water partition coefficient (Wildman–Crippen LogP) is 1.50. The van der Waals surface area contributed by atoms with Gasteiger partial charge in [-0.2, -0.15) is 11.3 Å². The topological polar surface area (TPSA) is 29.1 Å². The summed E-state index contributed by atoms with van der Waals surface area (Å²) in [6, 6.07) is 1.82. The molecule has 1 rings (SSSR count). The van der Waals surface area contributed by atoms with Gasteiger partial charge in [0.05, 0.1) is 0 Å². The van der Waals surface area contributed by atoms with E-state index < -0.39 is 0 Å². The smallest absolute Gasteiger partial charge is 0.252 e. The molecule has 1 N–H and O–H groups in total. The van der Waals surface area contributed by atoms with Crippen LogP contribution in [-0.2, 0) is 0 Å². The lowest BCUT2D eigenvalue weighted by Crippen LogP contribution is -2.21. The molecule has 0 aliphatic carbocycles. The zero-order chi connectivity index (χ0) is 7.40. The lowest BCUT2D eigenvalue weighted by atomic mass is 10.3. The Balaban J connectivity index is 2.59. The molecule has 0 spiro atoms. The Morgan fingerprint density at radius 1 is 1.80 bits per heavy atom. The summed E-state index contributed by atoms with van der Waals surface area (Å²) in [6.45, 7) is 2.60. The van der Waals surface area contributed by atoms with Crippen molar-refractivity contribution in [1.82, 2.24) is 5.32 Å². The van der Waals surface area contributed by atoms with Gasteiger partial charge in [0.15, 0.2) is 0 Å². The molecule has 1 heterocycles. The fourth-order valence-electron chi connectivity index (χ4n) is 0.656. The minimum atomic E-state index is 0.0174. The van der Waals surface area contributed by atoms with Crippen LogP contribution in [-0.4, -0.2) is 12.5 Å². The first kappa shape index (κ1) is 7.28. The van der Waals surface area contributed by atoms with Crippen molar-refractivity contribution in [2.75, 3.05) is 6.54 Å². The first-order valence-electron chi connectivity index (χ1n) is 3.15. The maximum atomic E-state index is 11.0. The van der Waals surface area contributed by atoms with E-state index in [0.29, 0.717) is 6.54 Å². The molecule has 0 aliphatic heterocycles. The Morgan fingerprint density at radius 2 is 2.60 bits per heavy atom. The zero-order valence-corrected chi connectivity index (χ0v) is 6.57. The van der Waals surface area contributed by atoms with Crippen LogP contribution in [0, 0.1) is 0 Å². The number of nitrogens with one attached hydrogen (secondary N) is 1.